The van der Waals surface area contributed by atoms with Gasteiger partial charge in [-0.25, -0.2) is 0 Å². The number of benzene rings is 1. The summed E-state index contributed by atoms with van der Waals surface area (Å²) in [4.78, 5) is 53.9. The molecular formula is C21H20ClN3O5S. The molecule has 1 aromatic carbocycles. The number of carbonyl (C=O) groups is 4. The minimum absolute atomic E-state index is 0.0790. The molecule has 8 nitrogen and oxygen atoms in total. The van der Waals surface area contributed by atoms with Crippen LogP contribution in [-0.2, 0) is 4.79 Å². The second-order valence-corrected chi connectivity index (χ2v) is 9.20. The number of nitrogens with zero attached hydrogens (tertiary/aromatic N) is 2. The summed E-state index contributed by atoms with van der Waals surface area (Å²) in [5.41, 5.74) is 0.443. The number of aliphatic hydroxyl groups is 1. The van der Waals surface area contributed by atoms with E-state index < -0.39 is 17.7 Å². The summed E-state index contributed by atoms with van der Waals surface area (Å²) >= 11 is 6.98. The first-order chi connectivity index (χ1) is 14.9. The Balaban J connectivity index is 1.49. The first-order valence-electron chi connectivity index (χ1n) is 9.83. The molecule has 3 heterocycles. The van der Waals surface area contributed by atoms with Crippen LogP contribution in [0.5, 0.6) is 0 Å². The highest BCUT2D eigenvalue weighted by Crippen LogP contribution is 2.31. The van der Waals surface area contributed by atoms with E-state index in [4.69, 9.17) is 11.6 Å². The Morgan fingerprint density at radius 3 is 2.52 bits per heavy atom. The molecule has 0 atom stereocenters. The molecular weight excluding hydrogens is 442 g/mol. The number of imide groups is 1. The van der Waals surface area contributed by atoms with Gasteiger partial charge in [-0.3, -0.25) is 24.1 Å². The van der Waals surface area contributed by atoms with Gasteiger partial charge in [-0.1, -0.05) is 17.7 Å². The first kappa shape index (κ1) is 21.5. The largest absolute Gasteiger partial charge is 0.396 e. The van der Waals surface area contributed by atoms with Gasteiger partial charge in [0.2, 0.25) is 5.91 Å². The van der Waals surface area contributed by atoms with Gasteiger partial charge in [0.15, 0.2) is 0 Å². The van der Waals surface area contributed by atoms with Gasteiger partial charge in [0, 0.05) is 19.7 Å². The van der Waals surface area contributed by atoms with Crippen LogP contribution in [0, 0.1) is 5.92 Å². The van der Waals surface area contributed by atoms with Gasteiger partial charge in [0.25, 0.3) is 17.7 Å². The molecule has 0 radical (unpaired) electrons. The van der Waals surface area contributed by atoms with Crippen LogP contribution in [0.25, 0.3) is 0 Å². The maximum absolute atomic E-state index is 13.0. The Morgan fingerprint density at radius 2 is 1.87 bits per heavy atom. The monoisotopic (exact) mass is 461 g/mol. The zero-order chi connectivity index (χ0) is 22.1. The molecule has 31 heavy (non-hydrogen) atoms. The smallest absolute Gasteiger partial charge is 0.265 e. The number of hydrogen-bond acceptors (Lipinski definition) is 6. The van der Waals surface area contributed by atoms with Crippen LogP contribution in [-0.4, -0.2) is 64.8 Å². The van der Waals surface area contributed by atoms with Crippen molar-refractivity contribution in [3.8, 4) is 0 Å². The van der Waals surface area contributed by atoms with E-state index in [-0.39, 0.29) is 41.8 Å². The predicted octanol–water partition coefficient (Wildman–Crippen LogP) is 2.48. The molecule has 2 N–H and O–H groups in total. The molecule has 4 amide bonds. The molecule has 2 aliphatic rings. The molecule has 0 aliphatic carbocycles. The van der Waals surface area contributed by atoms with Crippen LogP contribution >= 0.6 is 22.9 Å². The fourth-order valence-corrected chi connectivity index (χ4v) is 4.74. The average molecular weight is 462 g/mol. The molecule has 10 heteroatoms. The van der Waals surface area contributed by atoms with Gasteiger partial charge in [-0.15, -0.1) is 11.3 Å². The minimum Gasteiger partial charge on any atom is -0.396 e. The fraction of sp³-hybridized carbons (Fsp3) is 0.333. The van der Waals surface area contributed by atoms with Gasteiger partial charge >= 0.3 is 0 Å². The third-order valence-corrected chi connectivity index (χ3v) is 6.79. The lowest BCUT2D eigenvalue weighted by molar-refractivity contribution is -0.133. The van der Waals surface area contributed by atoms with Crippen molar-refractivity contribution in [2.45, 2.75) is 12.8 Å². The summed E-state index contributed by atoms with van der Waals surface area (Å²) in [6, 6.07) is 7.80. The lowest BCUT2D eigenvalue weighted by Crippen LogP contribution is -2.46. The fourth-order valence-electron chi connectivity index (χ4n) is 3.80. The summed E-state index contributed by atoms with van der Waals surface area (Å²) in [6.45, 7) is 0.701. The first-order valence-corrected chi connectivity index (χ1v) is 11.0. The van der Waals surface area contributed by atoms with E-state index in [1.54, 1.807) is 29.2 Å². The second kappa shape index (κ2) is 8.78. The number of fused-ring (bicyclic) bond motifs is 1. The second-order valence-electron chi connectivity index (χ2n) is 7.49. The third kappa shape index (κ3) is 4.21. The molecule has 2 aromatic rings. The van der Waals surface area contributed by atoms with E-state index in [1.807, 2.05) is 0 Å². The van der Waals surface area contributed by atoms with E-state index in [0.29, 0.717) is 35.1 Å². The minimum atomic E-state index is -0.612. The number of amides is 4. The van der Waals surface area contributed by atoms with Gasteiger partial charge < -0.3 is 15.3 Å². The molecule has 1 saturated heterocycles. The van der Waals surface area contributed by atoms with Crippen molar-refractivity contribution in [2.75, 3.05) is 31.6 Å². The summed E-state index contributed by atoms with van der Waals surface area (Å²) in [7, 11) is 0. The standard InChI is InChI=1S/C21H20ClN3O5S/c22-16-5-4-15(31-16)19(28)23-14-3-1-2-13-18(14)21(30)25(20(13)29)10-17(27)24-8-6-12(11-26)7-9-24/h1-5,12,26H,6-11H2,(H,23,28). The number of piperidine rings is 1. The summed E-state index contributed by atoms with van der Waals surface area (Å²) in [6.07, 6.45) is 1.38. The number of nitrogens with one attached hydrogen (secondary N) is 1. The molecule has 0 saturated carbocycles. The quantitative estimate of drug-likeness (QED) is 0.665. The summed E-state index contributed by atoms with van der Waals surface area (Å²) < 4.78 is 0.461. The van der Waals surface area contributed by atoms with Gasteiger partial charge in [-0.05, 0) is 43.0 Å². The van der Waals surface area contributed by atoms with E-state index in [2.05, 4.69) is 5.32 Å². The highest BCUT2D eigenvalue weighted by Gasteiger charge is 2.39. The Morgan fingerprint density at radius 1 is 1.13 bits per heavy atom. The van der Waals surface area contributed by atoms with Crippen LogP contribution in [0.2, 0.25) is 4.34 Å². The van der Waals surface area contributed by atoms with Crippen molar-refractivity contribution in [3.05, 3.63) is 50.7 Å². The number of carbonyl (C=O) groups excluding carboxylic acids is 4. The third-order valence-electron chi connectivity index (χ3n) is 5.56. The normalized spacial score (nSPS) is 16.6. The average Bonchev–Trinajstić information content (AvgIpc) is 3.31. The molecule has 1 aromatic heterocycles. The van der Waals surface area contributed by atoms with E-state index in [9.17, 15) is 24.3 Å². The van der Waals surface area contributed by atoms with E-state index >= 15 is 0 Å². The molecule has 0 bridgehead atoms. The van der Waals surface area contributed by atoms with Crippen molar-refractivity contribution in [1.82, 2.24) is 9.80 Å². The zero-order valence-corrected chi connectivity index (χ0v) is 18.0. The Labute approximate surface area is 187 Å². The number of likely N-dealkylation sites (tertiary alicyclic amines) is 1. The van der Waals surface area contributed by atoms with Crippen molar-refractivity contribution in [2.24, 2.45) is 5.92 Å². The van der Waals surface area contributed by atoms with Crippen molar-refractivity contribution in [1.29, 1.82) is 0 Å². The summed E-state index contributed by atoms with van der Waals surface area (Å²) in [5.74, 6) is -1.75. The maximum atomic E-state index is 13.0. The van der Waals surface area contributed by atoms with Crippen molar-refractivity contribution >= 4 is 52.3 Å². The Kier molecular flexibility index (Phi) is 6.08. The Bertz CT molecular complexity index is 1060. The number of aliphatic hydroxyl groups excluding tert-OH is 1. The van der Waals surface area contributed by atoms with Crippen LogP contribution in [0.1, 0.15) is 43.2 Å². The molecule has 0 spiro atoms. The molecule has 1 fully saturated rings. The molecule has 162 valence electrons. The number of halogens is 1. The molecule has 2 aliphatic heterocycles. The highest BCUT2D eigenvalue weighted by molar-refractivity contribution is 7.18. The topological polar surface area (TPSA) is 107 Å². The SMILES string of the molecule is O=C(Nc1cccc2c1C(=O)N(CC(=O)N1CCC(CO)CC1)C2=O)c1ccc(Cl)s1. The maximum Gasteiger partial charge on any atom is 0.265 e. The zero-order valence-electron chi connectivity index (χ0n) is 16.5. The highest BCUT2D eigenvalue weighted by atomic mass is 35.5. The summed E-state index contributed by atoms with van der Waals surface area (Å²) in [5, 5.41) is 11.9. The number of rotatable bonds is 5. The lowest BCUT2D eigenvalue weighted by Gasteiger charge is -2.32. The van der Waals surface area contributed by atoms with Crippen molar-refractivity contribution in [3.63, 3.8) is 0 Å². The van der Waals surface area contributed by atoms with Gasteiger partial charge in [0.1, 0.15) is 6.54 Å². The lowest BCUT2D eigenvalue weighted by atomic mass is 9.98. The van der Waals surface area contributed by atoms with Crippen LogP contribution < -0.4 is 5.32 Å². The van der Waals surface area contributed by atoms with Crippen LogP contribution in [0.3, 0.4) is 0 Å². The van der Waals surface area contributed by atoms with E-state index in [0.717, 1.165) is 16.2 Å². The van der Waals surface area contributed by atoms with Gasteiger partial charge in [-0.2, -0.15) is 0 Å². The molecule has 0 unspecified atom stereocenters. The predicted molar refractivity (Wildman–Crippen MR) is 115 cm³/mol. The van der Waals surface area contributed by atoms with Crippen LogP contribution in [0.4, 0.5) is 5.69 Å². The number of hydrogen-bond donors (Lipinski definition) is 2. The van der Waals surface area contributed by atoms with Gasteiger partial charge in [0.05, 0.1) is 26.0 Å². The Hall–Kier alpha value is -2.75. The number of anilines is 1. The van der Waals surface area contributed by atoms with E-state index in [1.165, 1.54) is 6.07 Å². The molecule has 4 rings (SSSR count). The number of thiophene rings is 1. The van der Waals surface area contributed by atoms with Crippen molar-refractivity contribution < 1.29 is 24.3 Å². The van der Waals surface area contributed by atoms with Crippen LogP contribution in [0.15, 0.2) is 30.3 Å².